The first-order valence-electron chi connectivity index (χ1n) is 25.1. The van der Waals surface area contributed by atoms with Crippen molar-refractivity contribution in [2.24, 2.45) is 0 Å². The van der Waals surface area contributed by atoms with Gasteiger partial charge in [-0.05, 0) is 160 Å². The lowest BCUT2D eigenvalue weighted by atomic mass is 9.97. The molecule has 350 valence electrons. The monoisotopic (exact) mass is 963 g/mol. The van der Waals surface area contributed by atoms with Crippen LogP contribution in [0.5, 0.6) is 0 Å². The number of fused-ring (bicyclic) bond motifs is 4. The number of hydrogen-bond acceptors (Lipinski definition) is 4. The Morgan fingerprint density at radius 3 is 1.26 bits per heavy atom. The maximum atomic E-state index is 2.42. The molecule has 4 heteroatoms. The largest absolute Gasteiger partial charge is 0.311 e. The Morgan fingerprint density at radius 2 is 0.635 bits per heavy atom. The maximum Gasteiger partial charge on any atom is 0.0540 e. The highest BCUT2D eigenvalue weighted by molar-refractivity contribution is 7.25. The Balaban J connectivity index is 0.927. The number of para-hydroxylation sites is 3. The van der Waals surface area contributed by atoms with Gasteiger partial charge >= 0.3 is 0 Å². The van der Waals surface area contributed by atoms with E-state index in [9.17, 15) is 0 Å². The van der Waals surface area contributed by atoms with E-state index in [1.807, 2.05) is 11.3 Å². The molecule has 1 aromatic heterocycles. The van der Waals surface area contributed by atoms with Gasteiger partial charge in [0.05, 0.1) is 5.69 Å². The van der Waals surface area contributed by atoms with E-state index in [1.54, 1.807) is 0 Å². The predicted octanol–water partition coefficient (Wildman–Crippen LogP) is 20.6. The Labute approximate surface area is 436 Å². The van der Waals surface area contributed by atoms with Gasteiger partial charge in [0.25, 0.3) is 0 Å². The van der Waals surface area contributed by atoms with Crippen molar-refractivity contribution in [3.05, 3.63) is 297 Å². The third-order valence-electron chi connectivity index (χ3n) is 14.0. The first kappa shape index (κ1) is 44.5. The molecule has 12 aromatic carbocycles. The van der Waals surface area contributed by atoms with Crippen LogP contribution >= 0.6 is 11.3 Å². The average molecular weight is 964 g/mol. The van der Waals surface area contributed by atoms with E-state index in [-0.39, 0.29) is 0 Å². The average Bonchev–Trinajstić information content (AvgIpc) is 3.85. The molecule has 0 aliphatic heterocycles. The van der Waals surface area contributed by atoms with E-state index in [1.165, 1.54) is 53.2 Å². The van der Waals surface area contributed by atoms with Crippen molar-refractivity contribution in [1.29, 1.82) is 0 Å². The van der Waals surface area contributed by atoms with Crippen molar-refractivity contribution in [1.82, 2.24) is 0 Å². The van der Waals surface area contributed by atoms with Crippen LogP contribution in [0.1, 0.15) is 0 Å². The summed E-state index contributed by atoms with van der Waals surface area (Å²) in [7, 11) is 0. The molecule has 74 heavy (non-hydrogen) atoms. The molecule has 0 radical (unpaired) electrons. The van der Waals surface area contributed by atoms with Gasteiger partial charge in [-0.25, -0.2) is 0 Å². The highest BCUT2D eigenvalue weighted by atomic mass is 32.1. The van der Waals surface area contributed by atoms with Gasteiger partial charge in [-0.15, -0.1) is 11.3 Å². The molecule has 0 atom stereocenters. The van der Waals surface area contributed by atoms with Gasteiger partial charge < -0.3 is 14.7 Å². The SMILES string of the molecule is c1ccc(-c2cc(-c3ccccc3)cc(N(c3ccc(N(c4ccccc4)c4ccccc4)cc3)c3ccc4c(c3)sc3ccc(-c5cccc(N(c6ccccc6)c6cccc7ccccc67)c5)cc34)c2)cc1. The molecule has 0 saturated carbocycles. The first-order chi connectivity index (χ1) is 36.7. The van der Waals surface area contributed by atoms with Crippen LogP contribution in [-0.4, -0.2) is 0 Å². The summed E-state index contributed by atoms with van der Waals surface area (Å²) in [4.78, 5) is 7.12. The predicted molar refractivity (Wildman–Crippen MR) is 317 cm³/mol. The Kier molecular flexibility index (Phi) is 11.8. The zero-order valence-electron chi connectivity index (χ0n) is 40.5. The van der Waals surface area contributed by atoms with Crippen molar-refractivity contribution < 1.29 is 0 Å². The fraction of sp³-hybridized carbons (Fsp3) is 0. The molecule has 13 aromatic rings. The topological polar surface area (TPSA) is 9.72 Å². The quantitative estimate of drug-likeness (QED) is 0.121. The second-order valence-corrected chi connectivity index (χ2v) is 19.7. The van der Waals surface area contributed by atoms with E-state index < -0.39 is 0 Å². The number of anilines is 9. The molecule has 0 bridgehead atoms. The van der Waals surface area contributed by atoms with Crippen LogP contribution in [0.15, 0.2) is 297 Å². The lowest BCUT2D eigenvalue weighted by molar-refractivity contribution is 1.26. The molecular weight excluding hydrogens is 915 g/mol. The molecule has 0 fully saturated rings. The van der Waals surface area contributed by atoms with Crippen LogP contribution in [0.4, 0.5) is 51.2 Å². The number of thiophene rings is 1. The molecular formula is C70H49N3S. The van der Waals surface area contributed by atoms with E-state index in [4.69, 9.17) is 0 Å². The summed E-state index contributed by atoms with van der Waals surface area (Å²) in [6, 6.07) is 108. The molecule has 13 rings (SSSR count). The van der Waals surface area contributed by atoms with Crippen LogP contribution < -0.4 is 14.7 Å². The molecule has 1 heterocycles. The second kappa shape index (κ2) is 19.6. The van der Waals surface area contributed by atoms with Crippen LogP contribution in [-0.2, 0) is 0 Å². The Morgan fingerprint density at radius 1 is 0.203 bits per heavy atom. The van der Waals surface area contributed by atoms with E-state index >= 15 is 0 Å². The fourth-order valence-electron chi connectivity index (χ4n) is 10.5. The van der Waals surface area contributed by atoms with Gasteiger partial charge in [0.15, 0.2) is 0 Å². The summed E-state index contributed by atoms with van der Waals surface area (Å²) in [6.45, 7) is 0. The minimum absolute atomic E-state index is 1.06. The van der Waals surface area contributed by atoms with Gasteiger partial charge in [-0.3, -0.25) is 0 Å². The molecule has 0 aliphatic rings. The molecule has 0 unspecified atom stereocenters. The number of hydrogen-bond donors (Lipinski definition) is 0. The first-order valence-corrected chi connectivity index (χ1v) is 26.0. The minimum Gasteiger partial charge on any atom is -0.311 e. The molecule has 0 aliphatic carbocycles. The number of nitrogens with zero attached hydrogens (tertiary/aromatic N) is 3. The number of rotatable bonds is 12. The molecule has 0 saturated heterocycles. The summed E-state index contributed by atoms with van der Waals surface area (Å²) in [5.41, 5.74) is 16.9. The summed E-state index contributed by atoms with van der Waals surface area (Å²) in [5, 5.41) is 4.92. The van der Waals surface area contributed by atoms with Crippen LogP contribution in [0.2, 0.25) is 0 Å². The highest BCUT2D eigenvalue weighted by Crippen LogP contribution is 2.46. The zero-order chi connectivity index (χ0) is 49.2. The standard InChI is InChI=1S/C70H49N3S/c1-6-20-50(21-7-1)55-44-56(51-22-8-2-9-23-51)47-64(46-55)72(61-39-37-60(38-40-61)71(57-27-10-3-11-28-57)58-29-12-4-13-30-58)63-41-42-66-67-48-54(36-43-69(67)74-70(66)49-63)53-26-18-33-62(45-53)73(59-31-14-5-15-32-59)68-35-19-25-52-24-16-17-34-65(52)68/h1-49H. The third kappa shape index (κ3) is 8.64. The van der Waals surface area contributed by atoms with Crippen LogP contribution in [0.25, 0.3) is 64.3 Å². The summed E-state index contributed by atoms with van der Waals surface area (Å²) < 4.78 is 2.49. The van der Waals surface area contributed by atoms with Gasteiger partial charge in [0.2, 0.25) is 0 Å². The Bertz CT molecular complexity index is 3960. The maximum absolute atomic E-state index is 2.42. The third-order valence-corrected chi connectivity index (χ3v) is 15.1. The van der Waals surface area contributed by atoms with Crippen molar-refractivity contribution in [3.8, 4) is 33.4 Å². The van der Waals surface area contributed by atoms with Gasteiger partial charge in [0.1, 0.15) is 0 Å². The minimum atomic E-state index is 1.06. The summed E-state index contributed by atoms with van der Waals surface area (Å²) >= 11 is 1.85. The summed E-state index contributed by atoms with van der Waals surface area (Å²) in [6.07, 6.45) is 0. The highest BCUT2D eigenvalue weighted by Gasteiger charge is 2.21. The van der Waals surface area contributed by atoms with Crippen molar-refractivity contribution in [3.63, 3.8) is 0 Å². The molecule has 0 N–H and O–H groups in total. The van der Waals surface area contributed by atoms with Gasteiger partial charge in [-0.2, -0.15) is 0 Å². The van der Waals surface area contributed by atoms with Crippen LogP contribution in [0.3, 0.4) is 0 Å². The van der Waals surface area contributed by atoms with Gasteiger partial charge in [0, 0.05) is 71.1 Å². The van der Waals surface area contributed by atoms with Crippen molar-refractivity contribution in [2.45, 2.75) is 0 Å². The van der Waals surface area contributed by atoms with Crippen LogP contribution in [0, 0.1) is 0 Å². The van der Waals surface area contributed by atoms with E-state index in [0.717, 1.165) is 62.3 Å². The van der Waals surface area contributed by atoms with E-state index in [0.29, 0.717) is 0 Å². The molecule has 0 spiro atoms. The van der Waals surface area contributed by atoms with E-state index in [2.05, 4.69) is 312 Å². The summed E-state index contributed by atoms with van der Waals surface area (Å²) in [5.74, 6) is 0. The second-order valence-electron chi connectivity index (χ2n) is 18.6. The normalized spacial score (nSPS) is 11.2. The molecule has 0 amide bonds. The van der Waals surface area contributed by atoms with Crippen molar-refractivity contribution >= 4 is 93.5 Å². The van der Waals surface area contributed by atoms with Crippen molar-refractivity contribution in [2.75, 3.05) is 14.7 Å². The zero-order valence-corrected chi connectivity index (χ0v) is 41.4. The smallest absolute Gasteiger partial charge is 0.0540 e. The molecule has 3 nitrogen and oxygen atoms in total. The van der Waals surface area contributed by atoms with Gasteiger partial charge in [-0.1, -0.05) is 176 Å². The lowest BCUT2D eigenvalue weighted by Crippen LogP contribution is -2.12. The lowest BCUT2D eigenvalue weighted by Gasteiger charge is -2.29. The number of benzene rings is 12. The fourth-order valence-corrected chi connectivity index (χ4v) is 11.6. The Hall–Kier alpha value is -9.48.